The molecule has 0 saturated carbocycles. The molecular weight excluding hydrogens is 251 g/mol. The third kappa shape index (κ3) is 2.80. The third-order valence-electron chi connectivity index (χ3n) is 1.99. The number of halogens is 2. The smallest absolute Gasteiger partial charge is 0.161 e. The molecule has 0 spiro atoms. The standard InChI is InChI=1S/C10H10Cl2N2S/c11-7-3-1-4-8(12)9(7)14-10-13-5-2-6-15-10/h1,3-4H,2,5-6H2,(H,13,14). The van der Waals surface area contributed by atoms with Crippen molar-refractivity contribution in [3.63, 3.8) is 0 Å². The topological polar surface area (TPSA) is 24.4 Å². The minimum Gasteiger partial charge on any atom is -0.333 e. The summed E-state index contributed by atoms with van der Waals surface area (Å²) in [5.41, 5.74) is 0.744. The molecule has 0 amide bonds. The Morgan fingerprint density at radius 3 is 2.60 bits per heavy atom. The number of amidine groups is 1. The van der Waals surface area contributed by atoms with Gasteiger partial charge in [0.2, 0.25) is 0 Å². The van der Waals surface area contributed by atoms with Crippen molar-refractivity contribution < 1.29 is 0 Å². The van der Waals surface area contributed by atoms with E-state index >= 15 is 0 Å². The zero-order valence-corrected chi connectivity index (χ0v) is 10.3. The number of para-hydroxylation sites is 1. The van der Waals surface area contributed by atoms with E-state index in [1.807, 2.05) is 18.2 Å². The molecule has 15 heavy (non-hydrogen) atoms. The quantitative estimate of drug-likeness (QED) is 0.829. The van der Waals surface area contributed by atoms with Crippen molar-refractivity contribution in [2.75, 3.05) is 17.6 Å². The first kappa shape index (κ1) is 11.1. The third-order valence-corrected chi connectivity index (χ3v) is 3.62. The number of thioether (sulfide) groups is 1. The molecule has 0 atom stereocenters. The van der Waals surface area contributed by atoms with Crippen molar-refractivity contribution in [2.24, 2.45) is 4.99 Å². The molecule has 0 aromatic heterocycles. The summed E-state index contributed by atoms with van der Waals surface area (Å²) < 4.78 is 0. The van der Waals surface area contributed by atoms with Gasteiger partial charge in [-0.25, -0.2) is 0 Å². The van der Waals surface area contributed by atoms with E-state index in [0.29, 0.717) is 10.0 Å². The lowest BCUT2D eigenvalue weighted by molar-refractivity contribution is 0.938. The fourth-order valence-electron chi connectivity index (χ4n) is 1.26. The highest BCUT2D eigenvalue weighted by Gasteiger charge is 2.10. The maximum absolute atomic E-state index is 6.04. The van der Waals surface area contributed by atoms with E-state index in [9.17, 15) is 0 Å². The van der Waals surface area contributed by atoms with Crippen LogP contribution in [-0.4, -0.2) is 17.5 Å². The molecule has 1 aliphatic rings. The molecule has 0 saturated heterocycles. The monoisotopic (exact) mass is 260 g/mol. The summed E-state index contributed by atoms with van der Waals surface area (Å²) in [6.45, 7) is 0.872. The van der Waals surface area contributed by atoms with Gasteiger partial charge in [-0.05, 0) is 18.6 Å². The van der Waals surface area contributed by atoms with Crippen molar-refractivity contribution in [3.05, 3.63) is 28.2 Å². The predicted octanol–water partition coefficient (Wildman–Crippen LogP) is 3.90. The first-order valence-electron chi connectivity index (χ1n) is 4.65. The van der Waals surface area contributed by atoms with E-state index in [1.54, 1.807) is 11.8 Å². The van der Waals surface area contributed by atoms with Crippen molar-refractivity contribution in [2.45, 2.75) is 6.42 Å². The van der Waals surface area contributed by atoms with Crippen molar-refractivity contribution in [3.8, 4) is 0 Å². The Kier molecular flexibility index (Phi) is 3.78. The number of nitrogens with one attached hydrogen (secondary N) is 1. The Bertz CT molecular complexity index is 373. The molecule has 0 bridgehead atoms. The first-order valence-corrected chi connectivity index (χ1v) is 6.40. The fraction of sp³-hybridized carbons (Fsp3) is 0.300. The van der Waals surface area contributed by atoms with Crippen LogP contribution >= 0.6 is 35.0 Å². The molecule has 2 rings (SSSR count). The fourth-order valence-corrected chi connectivity index (χ4v) is 2.57. The Morgan fingerprint density at radius 1 is 1.27 bits per heavy atom. The van der Waals surface area contributed by atoms with E-state index < -0.39 is 0 Å². The van der Waals surface area contributed by atoms with Crippen LogP contribution in [0.5, 0.6) is 0 Å². The van der Waals surface area contributed by atoms with Gasteiger partial charge in [-0.1, -0.05) is 41.0 Å². The summed E-state index contributed by atoms with van der Waals surface area (Å²) in [6.07, 6.45) is 1.13. The summed E-state index contributed by atoms with van der Waals surface area (Å²) in [6, 6.07) is 5.44. The molecule has 80 valence electrons. The maximum Gasteiger partial charge on any atom is 0.161 e. The number of anilines is 1. The Balaban J connectivity index is 2.19. The van der Waals surface area contributed by atoms with E-state index in [1.165, 1.54) is 0 Å². The second-order valence-electron chi connectivity index (χ2n) is 3.11. The first-order chi connectivity index (χ1) is 7.27. The molecular formula is C10H10Cl2N2S. The molecule has 0 radical (unpaired) electrons. The lowest BCUT2D eigenvalue weighted by atomic mass is 10.3. The maximum atomic E-state index is 6.04. The predicted molar refractivity (Wildman–Crippen MR) is 69.5 cm³/mol. The Morgan fingerprint density at radius 2 is 2.00 bits per heavy atom. The molecule has 1 aliphatic heterocycles. The van der Waals surface area contributed by atoms with Crippen LogP contribution in [0.4, 0.5) is 5.69 Å². The second kappa shape index (κ2) is 5.10. The summed E-state index contributed by atoms with van der Waals surface area (Å²) in [5, 5.41) is 5.31. The van der Waals surface area contributed by atoms with Gasteiger partial charge in [0.1, 0.15) is 0 Å². The number of hydrogen-bond donors (Lipinski definition) is 1. The minimum absolute atomic E-state index is 0.622. The Labute approximate surface area is 103 Å². The van der Waals surface area contributed by atoms with Gasteiger partial charge in [-0.3, -0.25) is 4.99 Å². The minimum atomic E-state index is 0.622. The van der Waals surface area contributed by atoms with Crippen LogP contribution in [-0.2, 0) is 0 Å². The Hall–Kier alpha value is -0.380. The highest BCUT2D eigenvalue weighted by molar-refractivity contribution is 8.14. The van der Waals surface area contributed by atoms with Crippen LogP contribution < -0.4 is 5.32 Å². The van der Waals surface area contributed by atoms with E-state index in [2.05, 4.69) is 10.3 Å². The summed E-state index contributed by atoms with van der Waals surface area (Å²) in [7, 11) is 0. The van der Waals surface area contributed by atoms with Gasteiger partial charge < -0.3 is 5.32 Å². The summed E-state index contributed by atoms with van der Waals surface area (Å²) >= 11 is 13.8. The summed E-state index contributed by atoms with van der Waals surface area (Å²) in [4.78, 5) is 4.36. The number of hydrogen-bond acceptors (Lipinski definition) is 3. The zero-order valence-electron chi connectivity index (χ0n) is 7.96. The zero-order chi connectivity index (χ0) is 10.7. The van der Waals surface area contributed by atoms with E-state index in [4.69, 9.17) is 23.2 Å². The SMILES string of the molecule is Clc1cccc(Cl)c1NC1=NCCCS1. The normalized spacial score (nSPS) is 16.0. The molecule has 1 N–H and O–H groups in total. The van der Waals surface area contributed by atoms with Gasteiger partial charge in [0, 0.05) is 12.3 Å². The molecule has 1 aromatic carbocycles. The van der Waals surface area contributed by atoms with Crippen molar-refractivity contribution >= 4 is 45.8 Å². The van der Waals surface area contributed by atoms with E-state index in [0.717, 1.165) is 29.6 Å². The molecule has 1 heterocycles. The van der Waals surface area contributed by atoms with Crippen LogP contribution in [0, 0.1) is 0 Å². The van der Waals surface area contributed by atoms with Crippen LogP contribution in [0.15, 0.2) is 23.2 Å². The molecule has 0 fully saturated rings. The highest BCUT2D eigenvalue weighted by atomic mass is 35.5. The number of rotatable bonds is 1. The molecule has 0 unspecified atom stereocenters. The number of benzene rings is 1. The average molecular weight is 261 g/mol. The molecule has 2 nitrogen and oxygen atoms in total. The molecule has 5 heteroatoms. The van der Waals surface area contributed by atoms with Crippen LogP contribution in [0.25, 0.3) is 0 Å². The van der Waals surface area contributed by atoms with Gasteiger partial charge in [-0.15, -0.1) is 0 Å². The number of aliphatic imine (C=N–C) groups is 1. The number of nitrogens with zero attached hydrogens (tertiary/aromatic N) is 1. The van der Waals surface area contributed by atoms with E-state index in [-0.39, 0.29) is 0 Å². The van der Waals surface area contributed by atoms with Gasteiger partial charge in [-0.2, -0.15) is 0 Å². The highest BCUT2D eigenvalue weighted by Crippen LogP contribution is 2.31. The lowest BCUT2D eigenvalue weighted by Crippen LogP contribution is -2.13. The van der Waals surface area contributed by atoms with Gasteiger partial charge in [0.15, 0.2) is 5.17 Å². The second-order valence-corrected chi connectivity index (χ2v) is 5.01. The van der Waals surface area contributed by atoms with Crippen molar-refractivity contribution in [1.82, 2.24) is 0 Å². The largest absolute Gasteiger partial charge is 0.333 e. The lowest BCUT2D eigenvalue weighted by Gasteiger charge is -2.15. The van der Waals surface area contributed by atoms with Crippen LogP contribution in [0.3, 0.4) is 0 Å². The average Bonchev–Trinajstić information content (AvgIpc) is 2.25. The molecule has 0 aliphatic carbocycles. The van der Waals surface area contributed by atoms with Crippen LogP contribution in [0.2, 0.25) is 10.0 Å². The van der Waals surface area contributed by atoms with Gasteiger partial charge in [0.25, 0.3) is 0 Å². The van der Waals surface area contributed by atoms with Crippen LogP contribution in [0.1, 0.15) is 6.42 Å². The van der Waals surface area contributed by atoms with Gasteiger partial charge >= 0.3 is 0 Å². The van der Waals surface area contributed by atoms with Gasteiger partial charge in [0.05, 0.1) is 15.7 Å². The summed E-state index contributed by atoms with van der Waals surface area (Å²) in [5.74, 6) is 1.09. The molecule has 1 aromatic rings. The van der Waals surface area contributed by atoms with Crippen molar-refractivity contribution in [1.29, 1.82) is 0 Å².